The molecule has 5 heteroatoms. The number of fused-ring (bicyclic) bond motifs is 1. The van der Waals surface area contributed by atoms with Crippen molar-refractivity contribution in [3.63, 3.8) is 0 Å². The molecule has 0 radical (unpaired) electrons. The largest absolute Gasteiger partial charge is 0.493 e. The van der Waals surface area contributed by atoms with Gasteiger partial charge in [0, 0.05) is 18.6 Å². The summed E-state index contributed by atoms with van der Waals surface area (Å²) in [5, 5.41) is 0.0793. The maximum absolute atomic E-state index is 13.5. The van der Waals surface area contributed by atoms with Crippen molar-refractivity contribution in [1.82, 2.24) is 0 Å². The lowest BCUT2D eigenvalue weighted by Gasteiger charge is -2.20. The molecule has 24 heavy (non-hydrogen) atoms. The van der Waals surface area contributed by atoms with E-state index < -0.39 is 11.2 Å². The highest BCUT2D eigenvalue weighted by Crippen LogP contribution is 2.29. The van der Waals surface area contributed by atoms with Gasteiger partial charge >= 0.3 is 0 Å². The molecule has 0 bridgehead atoms. The van der Waals surface area contributed by atoms with E-state index in [0.717, 1.165) is 24.6 Å². The van der Waals surface area contributed by atoms with Crippen LogP contribution in [-0.4, -0.2) is 12.9 Å². The first-order valence-electron chi connectivity index (χ1n) is 8.43. The third kappa shape index (κ3) is 3.50. The number of methoxy groups -OCH3 is 1. The predicted octanol–water partition coefficient (Wildman–Crippen LogP) is 4.48. The molecule has 1 heterocycles. The number of benzene rings is 1. The van der Waals surface area contributed by atoms with Crippen molar-refractivity contribution in [2.45, 2.75) is 44.9 Å². The minimum atomic E-state index is -0.581. The number of ether oxygens (including phenoxy) is 1. The van der Waals surface area contributed by atoms with Gasteiger partial charge in [-0.2, -0.15) is 0 Å². The van der Waals surface area contributed by atoms with Crippen LogP contribution in [-0.2, 0) is 0 Å². The number of carbonyl (C=O) groups excluding carboxylic acids is 1. The van der Waals surface area contributed by atoms with Gasteiger partial charge in [-0.3, -0.25) is 9.59 Å². The van der Waals surface area contributed by atoms with E-state index in [4.69, 9.17) is 9.15 Å². The molecule has 1 aliphatic carbocycles. The van der Waals surface area contributed by atoms with Crippen LogP contribution >= 0.6 is 0 Å². The summed E-state index contributed by atoms with van der Waals surface area (Å²) >= 11 is 0. The molecule has 1 fully saturated rings. The average molecular weight is 332 g/mol. The summed E-state index contributed by atoms with van der Waals surface area (Å²) in [5.74, 6) is -0.0512. The van der Waals surface area contributed by atoms with E-state index in [1.807, 2.05) is 0 Å². The van der Waals surface area contributed by atoms with E-state index >= 15 is 0 Å². The Morgan fingerprint density at radius 1 is 1.25 bits per heavy atom. The van der Waals surface area contributed by atoms with Gasteiger partial charge in [-0.1, -0.05) is 32.1 Å². The first kappa shape index (κ1) is 16.7. The van der Waals surface area contributed by atoms with Gasteiger partial charge in [0.2, 0.25) is 0 Å². The smallest absolute Gasteiger partial charge is 0.198 e. The van der Waals surface area contributed by atoms with Crippen molar-refractivity contribution in [2.75, 3.05) is 7.11 Å². The molecule has 3 rings (SSSR count). The Morgan fingerprint density at radius 2 is 2.00 bits per heavy atom. The topological polar surface area (TPSA) is 56.5 Å². The predicted molar refractivity (Wildman–Crippen MR) is 89.1 cm³/mol. The second-order valence-corrected chi connectivity index (χ2v) is 6.43. The van der Waals surface area contributed by atoms with Crippen molar-refractivity contribution < 1.29 is 18.3 Å². The monoisotopic (exact) mass is 332 g/mol. The van der Waals surface area contributed by atoms with Crippen LogP contribution in [0.1, 0.15) is 55.5 Å². The Bertz CT molecular complexity index is 803. The third-order valence-electron chi connectivity index (χ3n) is 4.76. The SMILES string of the molecule is COc1cc(F)cc2c(=O)cc(C(=O)CCC3CCCCC3)oc12. The molecule has 0 aliphatic heterocycles. The highest BCUT2D eigenvalue weighted by molar-refractivity contribution is 5.95. The number of ketones is 1. The Labute approximate surface area is 139 Å². The molecule has 0 saturated heterocycles. The van der Waals surface area contributed by atoms with Crippen LogP contribution in [0.2, 0.25) is 0 Å². The highest BCUT2D eigenvalue weighted by Gasteiger charge is 2.19. The lowest BCUT2D eigenvalue weighted by molar-refractivity contribution is 0.0943. The molecular weight excluding hydrogens is 311 g/mol. The fourth-order valence-electron chi connectivity index (χ4n) is 3.42. The number of hydrogen-bond donors (Lipinski definition) is 0. The molecule has 0 N–H and O–H groups in total. The fourth-order valence-corrected chi connectivity index (χ4v) is 3.42. The third-order valence-corrected chi connectivity index (χ3v) is 4.76. The van der Waals surface area contributed by atoms with Gasteiger partial charge in [-0.25, -0.2) is 4.39 Å². The summed E-state index contributed by atoms with van der Waals surface area (Å²) in [6, 6.07) is 3.39. The van der Waals surface area contributed by atoms with Crippen LogP contribution in [0, 0.1) is 11.7 Å². The minimum absolute atomic E-state index is 0.0215. The zero-order valence-electron chi connectivity index (χ0n) is 13.8. The molecule has 2 aromatic rings. The lowest BCUT2D eigenvalue weighted by Crippen LogP contribution is -2.11. The molecule has 0 spiro atoms. The first-order valence-corrected chi connectivity index (χ1v) is 8.43. The first-order chi connectivity index (χ1) is 11.6. The molecule has 0 amide bonds. The van der Waals surface area contributed by atoms with Gasteiger partial charge in [-0.15, -0.1) is 0 Å². The quantitative estimate of drug-likeness (QED) is 0.757. The van der Waals surface area contributed by atoms with E-state index in [1.165, 1.54) is 39.2 Å². The summed E-state index contributed by atoms with van der Waals surface area (Å²) in [7, 11) is 1.37. The molecule has 1 aliphatic rings. The molecule has 128 valence electrons. The summed E-state index contributed by atoms with van der Waals surface area (Å²) in [5.41, 5.74) is -0.317. The van der Waals surface area contributed by atoms with Gasteiger partial charge in [0.15, 0.2) is 28.3 Å². The minimum Gasteiger partial charge on any atom is -0.493 e. The van der Waals surface area contributed by atoms with Crippen molar-refractivity contribution in [1.29, 1.82) is 0 Å². The number of Topliss-reactive ketones (excluding diaryl/α,β-unsaturated/α-hetero) is 1. The lowest BCUT2D eigenvalue weighted by atomic mass is 9.85. The van der Waals surface area contributed by atoms with E-state index in [0.29, 0.717) is 12.3 Å². The average Bonchev–Trinajstić information content (AvgIpc) is 2.60. The van der Waals surface area contributed by atoms with E-state index in [-0.39, 0.29) is 28.3 Å². The van der Waals surface area contributed by atoms with Crippen molar-refractivity contribution in [3.05, 3.63) is 40.0 Å². The van der Waals surface area contributed by atoms with Crippen molar-refractivity contribution >= 4 is 16.8 Å². The molecule has 1 saturated carbocycles. The maximum Gasteiger partial charge on any atom is 0.198 e. The van der Waals surface area contributed by atoms with E-state index in [9.17, 15) is 14.0 Å². The van der Waals surface area contributed by atoms with Crippen LogP contribution in [0.15, 0.2) is 27.4 Å². The molecule has 1 aromatic heterocycles. The van der Waals surface area contributed by atoms with Gasteiger partial charge in [-0.05, 0) is 18.4 Å². The number of halogens is 1. The van der Waals surface area contributed by atoms with E-state index in [1.54, 1.807) is 0 Å². The molecule has 4 nitrogen and oxygen atoms in total. The normalized spacial score (nSPS) is 15.6. The van der Waals surface area contributed by atoms with Gasteiger partial charge in [0.1, 0.15) is 5.82 Å². The second kappa shape index (κ2) is 7.16. The number of rotatable bonds is 5. The number of hydrogen-bond acceptors (Lipinski definition) is 4. The van der Waals surface area contributed by atoms with Crippen LogP contribution in [0.4, 0.5) is 4.39 Å². The van der Waals surface area contributed by atoms with Crippen LogP contribution in [0.3, 0.4) is 0 Å². The molecule has 0 unspecified atom stereocenters. The van der Waals surface area contributed by atoms with Crippen molar-refractivity contribution in [2.24, 2.45) is 5.92 Å². The van der Waals surface area contributed by atoms with E-state index in [2.05, 4.69) is 0 Å². The Morgan fingerprint density at radius 3 is 2.71 bits per heavy atom. The van der Waals surface area contributed by atoms with Crippen LogP contribution < -0.4 is 10.2 Å². The molecule has 1 aromatic carbocycles. The highest BCUT2D eigenvalue weighted by atomic mass is 19.1. The van der Waals surface area contributed by atoms with Crippen LogP contribution in [0.25, 0.3) is 11.0 Å². The molecule has 0 atom stereocenters. The Kier molecular flexibility index (Phi) is 4.97. The second-order valence-electron chi connectivity index (χ2n) is 6.43. The summed E-state index contributed by atoms with van der Waals surface area (Å²) in [4.78, 5) is 24.6. The molecular formula is C19H21FO4. The van der Waals surface area contributed by atoms with Crippen LogP contribution in [0.5, 0.6) is 5.75 Å². The van der Waals surface area contributed by atoms with Gasteiger partial charge in [0.25, 0.3) is 0 Å². The zero-order valence-corrected chi connectivity index (χ0v) is 13.8. The standard InChI is InChI=1S/C19H21FO4/c1-23-18-10-13(20)9-14-16(22)11-17(24-19(14)18)15(21)8-7-12-5-3-2-4-6-12/h9-12H,2-8H2,1H3. The fraction of sp³-hybridized carbons (Fsp3) is 0.474. The zero-order chi connectivity index (χ0) is 17.1. The number of carbonyl (C=O) groups is 1. The van der Waals surface area contributed by atoms with Gasteiger partial charge < -0.3 is 9.15 Å². The Balaban J connectivity index is 1.85. The Hall–Kier alpha value is -2.17. The summed E-state index contributed by atoms with van der Waals surface area (Å²) < 4.78 is 24.2. The summed E-state index contributed by atoms with van der Waals surface area (Å²) in [6.07, 6.45) is 7.26. The van der Waals surface area contributed by atoms with Gasteiger partial charge in [0.05, 0.1) is 12.5 Å². The summed E-state index contributed by atoms with van der Waals surface area (Å²) in [6.45, 7) is 0. The maximum atomic E-state index is 13.5. The van der Waals surface area contributed by atoms with Crippen molar-refractivity contribution in [3.8, 4) is 5.75 Å².